The molecule has 0 amide bonds. The first-order valence-electron chi connectivity index (χ1n) is 16.2. The van der Waals surface area contributed by atoms with E-state index in [4.69, 9.17) is 0 Å². The highest BCUT2D eigenvalue weighted by Gasteiger charge is 2.49. The Morgan fingerprint density at radius 1 is 0.953 bits per heavy atom. The summed E-state index contributed by atoms with van der Waals surface area (Å²) < 4.78 is 24.0. The number of piperazine rings is 1. The van der Waals surface area contributed by atoms with Crippen LogP contribution in [0.2, 0.25) is 0 Å². The lowest BCUT2D eigenvalue weighted by Gasteiger charge is -2.37. The molecular formula is C34H46N4O3S2. The number of rotatable bonds is 8. The Hall–Kier alpha value is -2.04. The van der Waals surface area contributed by atoms with Crippen LogP contribution in [0.3, 0.4) is 0 Å². The Morgan fingerprint density at radius 2 is 1.65 bits per heavy atom. The van der Waals surface area contributed by atoms with E-state index in [9.17, 15) is 13.2 Å². The van der Waals surface area contributed by atoms with Crippen molar-refractivity contribution < 1.29 is 13.2 Å². The fourth-order valence-electron chi connectivity index (χ4n) is 8.33. The number of nitrogens with one attached hydrogen (secondary N) is 1. The number of aryl methyl sites for hydroxylation is 2. The van der Waals surface area contributed by atoms with Crippen molar-refractivity contribution in [3.63, 3.8) is 0 Å². The summed E-state index contributed by atoms with van der Waals surface area (Å²) >= 11 is 1.76. The minimum atomic E-state index is -2.86. The Bertz CT molecular complexity index is 1610. The molecule has 2 atom stereocenters. The molecule has 1 aromatic carbocycles. The van der Waals surface area contributed by atoms with E-state index in [2.05, 4.69) is 71.6 Å². The highest BCUT2D eigenvalue weighted by atomic mass is 32.2. The van der Waals surface area contributed by atoms with Crippen LogP contribution in [0.15, 0.2) is 24.3 Å². The standard InChI is InChI=1S/C34H46N4O3S2/c1-22-17-23(2)19-25(18-22)30-27(7-9-36-12-14-37(15-13-36)26-8-16-43(40,41)21-26)28-20-29(42-33(28)35-30)34(3,4)32(39)31-24-5-10-38(31)11-6-24/h17-20,24,26,31,35H,5-16,21H2,1-4H3. The van der Waals surface area contributed by atoms with Gasteiger partial charge in [0.2, 0.25) is 0 Å². The number of hydrogen-bond donors (Lipinski definition) is 1. The van der Waals surface area contributed by atoms with Crippen molar-refractivity contribution in [1.29, 1.82) is 0 Å². The van der Waals surface area contributed by atoms with Crippen LogP contribution in [0.25, 0.3) is 21.5 Å². The van der Waals surface area contributed by atoms with Gasteiger partial charge in [0.1, 0.15) is 4.83 Å². The van der Waals surface area contributed by atoms with Gasteiger partial charge in [-0.2, -0.15) is 0 Å². The van der Waals surface area contributed by atoms with Crippen molar-refractivity contribution in [2.24, 2.45) is 5.92 Å². The Kier molecular flexibility index (Phi) is 7.65. The van der Waals surface area contributed by atoms with Gasteiger partial charge in [-0.05, 0) is 102 Å². The van der Waals surface area contributed by atoms with Crippen molar-refractivity contribution in [2.45, 2.75) is 70.9 Å². The molecule has 0 radical (unpaired) electrons. The average molecular weight is 623 g/mol. The number of benzene rings is 1. The van der Waals surface area contributed by atoms with Gasteiger partial charge in [0.25, 0.3) is 0 Å². The van der Waals surface area contributed by atoms with Crippen LogP contribution in [0.1, 0.15) is 54.7 Å². The summed E-state index contributed by atoms with van der Waals surface area (Å²) in [5, 5.41) is 1.26. The smallest absolute Gasteiger partial charge is 0.160 e. The van der Waals surface area contributed by atoms with Crippen molar-refractivity contribution in [1.82, 2.24) is 19.7 Å². The number of hydrogen-bond acceptors (Lipinski definition) is 7. The number of aromatic amines is 1. The average Bonchev–Trinajstić information content (AvgIpc) is 3.78. The third-order valence-electron chi connectivity index (χ3n) is 10.8. The van der Waals surface area contributed by atoms with Gasteiger partial charge in [-0.15, -0.1) is 11.3 Å². The first kappa shape index (κ1) is 29.7. The van der Waals surface area contributed by atoms with E-state index in [0.717, 1.165) is 71.5 Å². The molecule has 4 aliphatic heterocycles. The monoisotopic (exact) mass is 622 g/mol. The van der Waals surface area contributed by atoms with Crippen molar-refractivity contribution in [3.05, 3.63) is 45.8 Å². The summed E-state index contributed by atoms with van der Waals surface area (Å²) in [7, 11) is -2.86. The van der Waals surface area contributed by atoms with Gasteiger partial charge in [0.15, 0.2) is 15.6 Å². The van der Waals surface area contributed by atoms with Gasteiger partial charge in [0, 0.05) is 49.0 Å². The van der Waals surface area contributed by atoms with E-state index in [0.29, 0.717) is 23.2 Å². The first-order valence-corrected chi connectivity index (χ1v) is 18.8. The molecule has 232 valence electrons. The van der Waals surface area contributed by atoms with Crippen LogP contribution in [0, 0.1) is 19.8 Å². The number of thiophene rings is 1. The van der Waals surface area contributed by atoms with Crippen LogP contribution in [-0.4, -0.2) is 103 Å². The summed E-state index contributed by atoms with van der Waals surface area (Å²) in [6.07, 6.45) is 4.04. The summed E-state index contributed by atoms with van der Waals surface area (Å²) in [4.78, 5) is 27.5. The second kappa shape index (κ2) is 11.1. The van der Waals surface area contributed by atoms with E-state index in [1.165, 1.54) is 43.0 Å². The molecule has 0 spiro atoms. The lowest BCUT2D eigenvalue weighted by molar-refractivity contribution is -0.127. The molecule has 9 heteroatoms. The zero-order chi connectivity index (χ0) is 30.1. The van der Waals surface area contributed by atoms with E-state index in [1.54, 1.807) is 11.3 Å². The lowest BCUT2D eigenvalue weighted by atomic mass is 9.79. The van der Waals surface area contributed by atoms with Crippen LogP contribution < -0.4 is 0 Å². The number of carbonyl (C=O) groups is 1. The second-order valence-electron chi connectivity index (χ2n) is 14.2. The first-order chi connectivity index (χ1) is 20.5. The van der Waals surface area contributed by atoms with Gasteiger partial charge in [-0.1, -0.05) is 17.2 Å². The number of Topliss-reactive ketones (excluding diaryl/α,β-unsaturated/α-hetero) is 1. The molecule has 0 aliphatic carbocycles. The molecule has 1 N–H and O–H groups in total. The fourth-order valence-corrected chi connectivity index (χ4v) is 11.3. The molecule has 4 fully saturated rings. The molecule has 6 heterocycles. The van der Waals surface area contributed by atoms with Crippen LogP contribution >= 0.6 is 11.3 Å². The third-order valence-corrected chi connectivity index (χ3v) is 14.0. The number of nitrogens with zero attached hydrogens (tertiary/aromatic N) is 3. The SMILES string of the molecule is Cc1cc(C)cc(-c2[nH]c3sc(C(C)(C)C(=O)C4C5CCN4CC5)cc3c2CCN2CCN(C3CCS(=O)(=O)C3)CC2)c1. The lowest BCUT2D eigenvalue weighted by Crippen LogP contribution is -2.51. The topological polar surface area (TPSA) is 76.7 Å². The number of aromatic nitrogens is 1. The zero-order valence-electron chi connectivity index (χ0n) is 26.1. The maximum absolute atomic E-state index is 14.0. The number of carbonyl (C=O) groups excluding carboxylic acids is 1. The van der Waals surface area contributed by atoms with Crippen LogP contribution in [-0.2, 0) is 26.5 Å². The summed E-state index contributed by atoms with van der Waals surface area (Å²) in [5.41, 5.74) is 5.80. The number of H-pyrrole nitrogens is 1. The molecule has 43 heavy (non-hydrogen) atoms. The van der Waals surface area contributed by atoms with Gasteiger partial charge >= 0.3 is 0 Å². The third kappa shape index (κ3) is 5.54. The van der Waals surface area contributed by atoms with Crippen LogP contribution in [0.5, 0.6) is 0 Å². The Balaban J connectivity index is 1.14. The van der Waals surface area contributed by atoms with Gasteiger partial charge < -0.3 is 9.88 Å². The normalized spacial score (nSPS) is 27.9. The Morgan fingerprint density at radius 3 is 2.26 bits per heavy atom. The largest absolute Gasteiger partial charge is 0.346 e. The Labute approximate surface area is 260 Å². The molecule has 0 saturated carbocycles. The van der Waals surface area contributed by atoms with Crippen LogP contribution in [0.4, 0.5) is 0 Å². The van der Waals surface area contributed by atoms with Crippen molar-refractivity contribution >= 4 is 37.2 Å². The second-order valence-corrected chi connectivity index (χ2v) is 17.5. The molecule has 2 unspecified atom stereocenters. The van der Waals surface area contributed by atoms with E-state index in [-0.39, 0.29) is 12.1 Å². The quantitative estimate of drug-likeness (QED) is 0.389. The molecule has 7 rings (SSSR count). The van der Waals surface area contributed by atoms with E-state index >= 15 is 0 Å². The minimum absolute atomic E-state index is 0.0868. The fraction of sp³-hybridized carbons (Fsp3) is 0.618. The highest BCUT2D eigenvalue weighted by Crippen LogP contribution is 2.44. The van der Waals surface area contributed by atoms with Gasteiger partial charge in [-0.3, -0.25) is 14.6 Å². The van der Waals surface area contributed by atoms with E-state index in [1.807, 2.05) is 0 Å². The molecule has 4 saturated heterocycles. The van der Waals surface area contributed by atoms with Crippen molar-refractivity contribution in [2.75, 3.05) is 57.3 Å². The summed E-state index contributed by atoms with van der Waals surface area (Å²) in [5.74, 6) is 1.58. The van der Waals surface area contributed by atoms with E-state index < -0.39 is 15.3 Å². The molecule has 3 aromatic rings. The highest BCUT2D eigenvalue weighted by molar-refractivity contribution is 7.91. The maximum Gasteiger partial charge on any atom is 0.160 e. The summed E-state index contributed by atoms with van der Waals surface area (Å²) in [6, 6.07) is 9.38. The molecule has 2 bridgehead atoms. The maximum atomic E-state index is 14.0. The summed E-state index contributed by atoms with van der Waals surface area (Å²) in [6.45, 7) is 15.5. The molecule has 4 aliphatic rings. The predicted molar refractivity (Wildman–Crippen MR) is 176 cm³/mol. The number of ketones is 1. The molecule has 7 nitrogen and oxygen atoms in total. The van der Waals surface area contributed by atoms with Gasteiger partial charge in [-0.25, -0.2) is 8.42 Å². The molecular weight excluding hydrogens is 577 g/mol. The molecule has 2 aromatic heterocycles. The number of sulfone groups is 1. The minimum Gasteiger partial charge on any atom is -0.346 e. The predicted octanol–water partition coefficient (Wildman–Crippen LogP) is 4.80. The number of fused-ring (bicyclic) bond motifs is 3. The zero-order valence-corrected chi connectivity index (χ0v) is 27.7. The van der Waals surface area contributed by atoms with Gasteiger partial charge in [0.05, 0.1) is 28.7 Å². The number of piperidine rings is 1. The van der Waals surface area contributed by atoms with Crippen molar-refractivity contribution in [3.8, 4) is 11.3 Å².